The molecule has 5 nitrogen and oxygen atoms in total. The predicted octanol–water partition coefficient (Wildman–Crippen LogP) is 1.05. The van der Waals surface area contributed by atoms with Gasteiger partial charge in [0.1, 0.15) is 5.92 Å². The zero-order valence-corrected chi connectivity index (χ0v) is 11.6. The van der Waals surface area contributed by atoms with Crippen molar-refractivity contribution in [2.75, 3.05) is 20.0 Å². The van der Waals surface area contributed by atoms with Crippen LogP contribution in [0.5, 0.6) is 0 Å². The van der Waals surface area contributed by atoms with E-state index in [-0.39, 0.29) is 11.8 Å². The monoisotopic (exact) mass is 274 g/mol. The molecule has 0 saturated carbocycles. The Labute approximate surface area is 111 Å². The average molecular weight is 274 g/mol. The van der Waals surface area contributed by atoms with Crippen molar-refractivity contribution < 1.29 is 23.9 Å². The van der Waals surface area contributed by atoms with Gasteiger partial charge in [0.15, 0.2) is 5.78 Å². The van der Waals surface area contributed by atoms with Gasteiger partial charge in [-0.15, -0.1) is 11.8 Å². The Hall–Kier alpha value is -1.04. The van der Waals surface area contributed by atoms with Crippen LogP contribution in [-0.4, -0.2) is 42.9 Å². The average Bonchev–Trinajstić information content (AvgIpc) is 2.76. The number of methoxy groups -OCH3 is 2. The number of rotatable bonds is 5. The van der Waals surface area contributed by atoms with E-state index in [0.717, 1.165) is 6.42 Å². The summed E-state index contributed by atoms with van der Waals surface area (Å²) in [5.41, 5.74) is 0. The lowest BCUT2D eigenvalue weighted by Crippen LogP contribution is -2.35. The Bertz CT molecular complexity index is 341. The van der Waals surface area contributed by atoms with Crippen LogP contribution >= 0.6 is 11.8 Å². The Kier molecular flexibility index (Phi) is 5.65. The number of hydrogen-bond donors (Lipinski definition) is 0. The lowest BCUT2D eigenvalue weighted by atomic mass is 9.92. The third-order valence-corrected chi connectivity index (χ3v) is 4.47. The quantitative estimate of drug-likeness (QED) is 0.551. The second kappa shape index (κ2) is 6.78. The maximum absolute atomic E-state index is 12.1. The van der Waals surface area contributed by atoms with E-state index in [1.54, 1.807) is 0 Å². The molecule has 0 aromatic rings. The van der Waals surface area contributed by atoms with Gasteiger partial charge in [0, 0.05) is 5.75 Å². The van der Waals surface area contributed by atoms with Gasteiger partial charge in [-0.2, -0.15) is 0 Å². The molecule has 0 aliphatic carbocycles. The van der Waals surface area contributed by atoms with Gasteiger partial charge in [0.05, 0.1) is 25.4 Å². The standard InChI is InChI=1S/C12H18O5S/c1-4-5-7(11(14)16-2)10-9(13)8(6-18-10)12(15)17-3/h7-8,10H,4-6H2,1-3H3. The van der Waals surface area contributed by atoms with Crippen LogP contribution in [0.1, 0.15) is 19.8 Å². The fourth-order valence-electron chi connectivity index (χ4n) is 2.06. The highest BCUT2D eigenvalue weighted by Crippen LogP contribution is 2.36. The highest BCUT2D eigenvalue weighted by molar-refractivity contribution is 8.01. The lowest BCUT2D eigenvalue weighted by Gasteiger charge is -2.18. The summed E-state index contributed by atoms with van der Waals surface area (Å²) < 4.78 is 9.32. The second-order valence-corrected chi connectivity index (χ2v) is 5.32. The maximum Gasteiger partial charge on any atom is 0.317 e. The molecule has 6 heteroatoms. The molecule has 18 heavy (non-hydrogen) atoms. The van der Waals surface area contributed by atoms with Gasteiger partial charge in [0.25, 0.3) is 0 Å². The Balaban J connectivity index is 2.80. The first-order valence-electron chi connectivity index (χ1n) is 5.87. The third kappa shape index (κ3) is 3.04. The van der Waals surface area contributed by atoms with E-state index in [2.05, 4.69) is 4.74 Å². The maximum atomic E-state index is 12.1. The minimum atomic E-state index is -0.742. The zero-order chi connectivity index (χ0) is 13.7. The molecule has 1 heterocycles. The summed E-state index contributed by atoms with van der Waals surface area (Å²) in [7, 11) is 2.57. The van der Waals surface area contributed by atoms with Gasteiger partial charge in [0.2, 0.25) is 0 Å². The van der Waals surface area contributed by atoms with Crippen molar-refractivity contribution in [3.05, 3.63) is 0 Å². The molecule has 102 valence electrons. The van der Waals surface area contributed by atoms with Crippen molar-refractivity contribution in [1.29, 1.82) is 0 Å². The molecule has 1 fully saturated rings. The Morgan fingerprint density at radius 1 is 1.39 bits per heavy atom. The number of carbonyl (C=O) groups is 3. The van der Waals surface area contributed by atoms with E-state index in [1.807, 2.05) is 6.92 Å². The molecule has 0 spiro atoms. The van der Waals surface area contributed by atoms with E-state index >= 15 is 0 Å². The fourth-order valence-corrected chi connectivity index (χ4v) is 3.57. The van der Waals surface area contributed by atoms with Gasteiger partial charge < -0.3 is 9.47 Å². The summed E-state index contributed by atoms with van der Waals surface area (Å²) in [5, 5.41) is -0.485. The minimum Gasteiger partial charge on any atom is -0.469 e. The van der Waals surface area contributed by atoms with E-state index in [4.69, 9.17) is 4.74 Å². The van der Waals surface area contributed by atoms with Gasteiger partial charge in [-0.1, -0.05) is 13.3 Å². The van der Waals surface area contributed by atoms with Crippen molar-refractivity contribution in [3.8, 4) is 0 Å². The van der Waals surface area contributed by atoms with Crippen LogP contribution in [0.25, 0.3) is 0 Å². The summed E-state index contributed by atoms with van der Waals surface area (Å²) in [6, 6.07) is 0. The predicted molar refractivity (Wildman–Crippen MR) is 67.2 cm³/mol. The molecule has 3 unspecified atom stereocenters. The van der Waals surface area contributed by atoms with Crippen molar-refractivity contribution in [2.45, 2.75) is 25.0 Å². The first kappa shape index (κ1) is 15.0. The molecule has 1 aliphatic heterocycles. The van der Waals surface area contributed by atoms with Crippen LogP contribution < -0.4 is 0 Å². The van der Waals surface area contributed by atoms with Gasteiger partial charge in [-0.3, -0.25) is 14.4 Å². The van der Waals surface area contributed by atoms with E-state index < -0.39 is 23.1 Å². The number of carbonyl (C=O) groups excluding carboxylic acids is 3. The van der Waals surface area contributed by atoms with Crippen molar-refractivity contribution in [3.63, 3.8) is 0 Å². The molecule has 1 aliphatic rings. The van der Waals surface area contributed by atoms with Crippen LogP contribution in [0, 0.1) is 11.8 Å². The summed E-state index contributed by atoms with van der Waals surface area (Å²) in [6.45, 7) is 1.94. The van der Waals surface area contributed by atoms with E-state index in [1.165, 1.54) is 26.0 Å². The second-order valence-electron chi connectivity index (χ2n) is 4.15. The molecule has 0 aromatic carbocycles. The number of thioether (sulfide) groups is 1. The smallest absolute Gasteiger partial charge is 0.317 e. The highest BCUT2D eigenvalue weighted by Gasteiger charge is 2.46. The molecule has 1 saturated heterocycles. The lowest BCUT2D eigenvalue weighted by molar-refractivity contribution is -0.151. The number of ketones is 1. The highest BCUT2D eigenvalue weighted by atomic mass is 32.2. The normalized spacial score (nSPS) is 24.7. The molecule has 0 amide bonds. The molecule has 0 bridgehead atoms. The Morgan fingerprint density at radius 2 is 2.06 bits per heavy atom. The molecule has 0 radical (unpaired) electrons. The van der Waals surface area contributed by atoms with Crippen LogP contribution in [0.4, 0.5) is 0 Å². The first-order chi connectivity index (χ1) is 8.56. The van der Waals surface area contributed by atoms with Gasteiger partial charge >= 0.3 is 11.9 Å². The van der Waals surface area contributed by atoms with Crippen LogP contribution in [0.2, 0.25) is 0 Å². The summed E-state index contributed by atoms with van der Waals surface area (Å²) in [5.74, 6) is -1.94. The van der Waals surface area contributed by atoms with Gasteiger partial charge in [-0.05, 0) is 6.42 Å². The van der Waals surface area contributed by atoms with Crippen LogP contribution in [0.15, 0.2) is 0 Å². The van der Waals surface area contributed by atoms with E-state index in [0.29, 0.717) is 12.2 Å². The van der Waals surface area contributed by atoms with Gasteiger partial charge in [-0.25, -0.2) is 0 Å². The van der Waals surface area contributed by atoms with E-state index in [9.17, 15) is 14.4 Å². The SMILES string of the molecule is CCCC(C(=O)OC)C1SCC(C(=O)OC)C1=O. The largest absolute Gasteiger partial charge is 0.469 e. The number of esters is 2. The molecule has 0 N–H and O–H groups in total. The first-order valence-corrected chi connectivity index (χ1v) is 6.92. The number of Topliss-reactive ketones (excluding diaryl/α,β-unsaturated/α-hetero) is 1. The van der Waals surface area contributed by atoms with Crippen molar-refractivity contribution in [2.24, 2.45) is 11.8 Å². The summed E-state index contributed by atoms with van der Waals surface area (Å²) in [6.07, 6.45) is 1.37. The topological polar surface area (TPSA) is 69.7 Å². The van der Waals surface area contributed by atoms with Crippen molar-refractivity contribution in [1.82, 2.24) is 0 Å². The molecule has 0 aromatic heterocycles. The number of ether oxygens (including phenoxy) is 2. The molecular formula is C12H18O5S. The summed E-state index contributed by atoms with van der Waals surface area (Å²) in [4.78, 5) is 35.2. The molecular weight excluding hydrogens is 256 g/mol. The Morgan fingerprint density at radius 3 is 2.56 bits per heavy atom. The molecule has 1 rings (SSSR count). The summed E-state index contributed by atoms with van der Waals surface area (Å²) >= 11 is 1.34. The third-order valence-electron chi connectivity index (χ3n) is 3.02. The number of hydrogen-bond acceptors (Lipinski definition) is 6. The zero-order valence-electron chi connectivity index (χ0n) is 10.8. The minimum absolute atomic E-state index is 0.212. The van der Waals surface area contributed by atoms with Crippen LogP contribution in [0.3, 0.4) is 0 Å². The van der Waals surface area contributed by atoms with Crippen molar-refractivity contribution >= 4 is 29.5 Å². The fraction of sp³-hybridized carbons (Fsp3) is 0.750. The van der Waals surface area contributed by atoms with Crippen LogP contribution in [-0.2, 0) is 23.9 Å². The molecule has 3 atom stereocenters.